The molecule has 24 heavy (non-hydrogen) atoms. The van der Waals surface area contributed by atoms with Gasteiger partial charge in [-0.15, -0.1) is 0 Å². The van der Waals surface area contributed by atoms with Crippen LogP contribution in [0.15, 0.2) is 54.7 Å². The summed E-state index contributed by atoms with van der Waals surface area (Å²) in [5, 5.41) is 7.15. The zero-order valence-electron chi connectivity index (χ0n) is 13.3. The molecule has 0 atom stereocenters. The fourth-order valence-electron chi connectivity index (χ4n) is 2.66. The van der Waals surface area contributed by atoms with Crippen LogP contribution in [0.2, 0.25) is 0 Å². The van der Waals surface area contributed by atoms with E-state index in [9.17, 15) is 9.18 Å². The molecule has 3 N–H and O–H groups in total. The molecule has 3 aromatic rings. The molecule has 0 aliphatic carbocycles. The van der Waals surface area contributed by atoms with Crippen LogP contribution >= 0.6 is 0 Å². The molecule has 0 unspecified atom stereocenters. The molecule has 1 heterocycles. The Hall–Kier alpha value is -2.66. The molecule has 0 saturated carbocycles. The fraction of sp³-hybridized carbons (Fsp3) is 0.211. The molecule has 0 bridgehead atoms. The molecule has 0 spiro atoms. The van der Waals surface area contributed by atoms with E-state index in [2.05, 4.69) is 21.7 Å². The fourth-order valence-corrected chi connectivity index (χ4v) is 2.66. The maximum atomic E-state index is 12.8. The van der Waals surface area contributed by atoms with Gasteiger partial charge in [0.15, 0.2) is 0 Å². The van der Waals surface area contributed by atoms with Crippen molar-refractivity contribution in [1.82, 2.24) is 15.6 Å². The van der Waals surface area contributed by atoms with Crippen LogP contribution < -0.4 is 10.6 Å². The largest absolute Gasteiger partial charge is 0.361 e. The molecule has 1 amide bonds. The van der Waals surface area contributed by atoms with Crippen LogP contribution in [0.25, 0.3) is 10.9 Å². The maximum Gasteiger partial charge on any atom is 0.233 e. The second-order valence-electron chi connectivity index (χ2n) is 5.69. The number of rotatable bonds is 7. The number of benzene rings is 2. The van der Waals surface area contributed by atoms with Gasteiger partial charge in [0.05, 0.1) is 6.54 Å². The molecule has 0 aliphatic rings. The first-order chi connectivity index (χ1) is 11.7. The Morgan fingerprint density at radius 3 is 2.71 bits per heavy atom. The number of carbonyl (C=O) groups is 1. The lowest BCUT2D eigenvalue weighted by Crippen LogP contribution is -2.34. The van der Waals surface area contributed by atoms with Gasteiger partial charge >= 0.3 is 0 Å². The minimum atomic E-state index is -0.256. The average Bonchev–Trinajstić information content (AvgIpc) is 3.00. The van der Waals surface area contributed by atoms with Crippen LogP contribution in [-0.2, 0) is 17.8 Å². The van der Waals surface area contributed by atoms with Crippen LogP contribution in [0.1, 0.15) is 11.1 Å². The van der Waals surface area contributed by atoms with Gasteiger partial charge in [-0.3, -0.25) is 4.79 Å². The topological polar surface area (TPSA) is 56.9 Å². The number of para-hydroxylation sites is 1. The summed E-state index contributed by atoms with van der Waals surface area (Å²) in [5.74, 6) is -0.300. The predicted octanol–water partition coefficient (Wildman–Crippen LogP) is 2.76. The SMILES string of the molecule is O=C(CNCc1ccc(F)cc1)NCCc1c[nH]c2ccccc12. The van der Waals surface area contributed by atoms with Crippen molar-refractivity contribution in [1.29, 1.82) is 0 Å². The highest BCUT2D eigenvalue weighted by Crippen LogP contribution is 2.17. The van der Waals surface area contributed by atoms with Gasteiger partial charge in [-0.05, 0) is 35.7 Å². The van der Waals surface area contributed by atoms with E-state index in [-0.39, 0.29) is 18.3 Å². The first-order valence-electron chi connectivity index (χ1n) is 7.99. The molecular formula is C19H20FN3O. The molecule has 5 heteroatoms. The summed E-state index contributed by atoms with van der Waals surface area (Å²) < 4.78 is 12.8. The number of fused-ring (bicyclic) bond motifs is 1. The minimum absolute atomic E-state index is 0.0445. The van der Waals surface area contributed by atoms with Gasteiger partial charge in [-0.1, -0.05) is 30.3 Å². The number of H-pyrrole nitrogens is 1. The second kappa shape index (κ2) is 7.75. The van der Waals surface area contributed by atoms with Crippen LogP contribution in [0.4, 0.5) is 4.39 Å². The highest BCUT2D eigenvalue weighted by atomic mass is 19.1. The van der Waals surface area contributed by atoms with E-state index in [1.54, 1.807) is 12.1 Å². The van der Waals surface area contributed by atoms with Gasteiger partial charge < -0.3 is 15.6 Å². The summed E-state index contributed by atoms with van der Waals surface area (Å²) in [5.41, 5.74) is 3.26. The van der Waals surface area contributed by atoms with E-state index >= 15 is 0 Å². The molecule has 0 fully saturated rings. The Kier molecular flexibility index (Phi) is 5.23. The molecule has 0 aliphatic heterocycles. The van der Waals surface area contributed by atoms with E-state index in [1.807, 2.05) is 24.4 Å². The molecule has 124 valence electrons. The lowest BCUT2D eigenvalue weighted by molar-refractivity contribution is -0.120. The number of carbonyl (C=O) groups excluding carboxylic acids is 1. The van der Waals surface area contributed by atoms with Gasteiger partial charge in [0.1, 0.15) is 5.82 Å². The first kappa shape index (κ1) is 16.2. The Morgan fingerprint density at radius 2 is 1.88 bits per heavy atom. The molecule has 0 radical (unpaired) electrons. The molecular weight excluding hydrogens is 305 g/mol. The van der Waals surface area contributed by atoms with Crippen LogP contribution in [0.3, 0.4) is 0 Å². The molecule has 1 aromatic heterocycles. The lowest BCUT2D eigenvalue weighted by Gasteiger charge is -2.07. The van der Waals surface area contributed by atoms with E-state index in [0.29, 0.717) is 13.1 Å². The number of aromatic amines is 1. The van der Waals surface area contributed by atoms with Crippen molar-refractivity contribution in [3.8, 4) is 0 Å². The summed E-state index contributed by atoms with van der Waals surface area (Å²) in [6.07, 6.45) is 2.78. The van der Waals surface area contributed by atoms with Gasteiger partial charge in [0.25, 0.3) is 0 Å². The number of aromatic nitrogens is 1. The van der Waals surface area contributed by atoms with Crippen LogP contribution in [-0.4, -0.2) is 24.0 Å². The quantitative estimate of drug-likeness (QED) is 0.626. The summed E-state index contributed by atoms with van der Waals surface area (Å²) in [6.45, 7) is 1.38. The average molecular weight is 325 g/mol. The molecule has 0 saturated heterocycles. The number of halogens is 1. The summed E-state index contributed by atoms with van der Waals surface area (Å²) >= 11 is 0. The van der Waals surface area contributed by atoms with Crippen LogP contribution in [0, 0.1) is 5.82 Å². The second-order valence-corrected chi connectivity index (χ2v) is 5.69. The Morgan fingerprint density at radius 1 is 1.08 bits per heavy atom. The highest BCUT2D eigenvalue weighted by molar-refractivity contribution is 5.83. The zero-order chi connectivity index (χ0) is 16.8. The lowest BCUT2D eigenvalue weighted by atomic mass is 10.1. The molecule has 2 aromatic carbocycles. The van der Waals surface area contributed by atoms with Crippen molar-refractivity contribution in [3.05, 3.63) is 71.7 Å². The smallest absolute Gasteiger partial charge is 0.233 e. The number of nitrogens with one attached hydrogen (secondary N) is 3. The minimum Gasteiger partial charge on any atom is -0.361 e. The molecule has 3 rings (SSSR count). The third-order valence-electron chi connectivity index (χ3n) is 3.92. The third-order valence-corrected chi connectivity index (χ3v) is 3.92. The van der Waals surface area contributed by atoms with E-state index in [4.69, 9.17) is 0 Å². The normalized spacial score (nSPS) is 10.9. The summed E-state index contributed by atoms with van der Waals surface area (Å²) in [6, 6.07) is 14.4. The van der Waals surface area contributed by atoms with Crippen molar-refractivity contribution in [2.75, 3.05) is 13.1 Å². The van der Waals surface area contributed by atoms with Crippen molar-refractivity contribution in [2.24, 2.45) is 0 Å². The van der Waals surface area contributed by atoms with Crippen LogP contribution in [0.5, 0.6) is 0 Å². The standard InChI is InChI=1S/C19H20FN3O/c20-16-7-5-14(6-8-16)11-21-13-19(24)22-10-9-15-12-23-18-4-2-1-3-17(15)18/h1-8,12,21,23H,9-11,13H2,(H,22,24). The predicted molar refractivity (Wildman–Crippen MR) is 93.1 cm³/mol. The van der Waals surface area contributed by atoms with Crippen molar-refractivity contribution in [3.63, 3.8) is 0 Å². The Labute approximate surface area is 140 Å². The van der Waals surface area contributed by atoms with Gasteiger partial charge in [0.2, 0.25) is 5.91 Å². The third kappa shape index (κ3) is 4.20. The monoisotopic (exact) mass is 325 g/mol. The zero-order valence-corrected chi connectivity index (χ0v) is 13.3. The first-order valence-corrected chi connectivity index (χ1v) is 7.99. The number of hydrogen-bond acceptors (Lipinski definition) is 2. The van der Waals surface area contributed by atoms with Crippen molar-refractivity contribution in [2.45, 2.75) is 13.0 Å². The summed E-state index contributed by atoms with van der Waals surface area (Å²) in [7, 11) is 0. The maximum absolute atomic E-state index is 12.8. The van der Waals surface area contributed by atoms with E-state index < -0.39 is 0 Å². The van der Waals surface area contributed by atoms with Gasteiger partial charge in [-0.25, -0.2) is 4.39 Å². The van der Waals surface area contributed by atoms with Gasteiger partial charge in [0, 0.05) is 30.2 Å². The van der Waals surface area contributed by atoms with Crippen molar-refractivity contribution >= 4 is 16.8 Å². The Bertz CT molecular complexity index is 811. The summed E-state index contributed by atoms with van der Waals surface area (Å²) in [4.78, 5) is 15.1. The number of amides is 1. The van der Waals surface area contributed by atoms with Crippen molar-refractivity contribution < 1.29 is 9.18 Å². The Balaban J connectivity index is 1.39. The number of hydrogen-bond donors (Lipinski definition) is 3. The van der Waals surface area contributed by atoms with Gasteiger partial charge in [-0.2, -0.15) is 0 Å². The highest BCUT2D eigenvalue weighted by Gasteiger charge is 2.04. The van der Waals surface area contributed by atoms with E-state index in [0.717, 1.165) is 17.5 Å². The van der Waals surface area contributed by atoms with E-state index in [1.165, 1.54) is 23.1 Å². The molecule has 4 nitrogen and oxygen atoms in total.